The van der Waals surface area contributed by atoms with E-state index in [9.17, 15) is 4.79 Å². The van der Waals surface area contributed by atoms with E-state index < -0.39 is 0 Å². The van der Waals surface area contributed by atoms with Crippen LogP contribution in [0.4, 0.5) is 0 Å². The van der Waals surface area contributed by atoms with E-state index in [1.165, 1.54) is 0 Å². The number of rotatable bonds is 3. The summed E-state index contributed by atoms with van der Waals surface area (Å²) in [5.41, 5.74) is 0.604. The first-order valence-electron chi connectivity index (χ1n) is 6.45. The summed E-state index contributed by atoms with van der Waals surface area (Å²) in [5, 5.41) is 0. The van der Waals surface area contributed by atoms with Gasteiger partial charge in [0.2, 0.25) is 5.88 Å². The van der Waals surface area contributed by atoms with E-state index >= 15 is 0 Å². The number of hydrogen-bond donors (Lipinski definition) is 0. The zero-order valence-electron chi connectivity index (χ0n) is 10.8. The molecule has 3 rings (SSSR count). The molecule has 3 heterocycles. The summed E-state index contributed by atoms with van der Waals surface area (Å²) < 4.78 is 5.71. The number of carbonyl (C=O) groups excluding carboxylic acids is 1. The van der Waals surface area contributed by atoms with E-state index in [0.29, 0.717) is 24.5 Å². The van der Waals surface area contributed by atoms with Crippen molar-refractivity contribution < 1.29 is 9.53 Å². The van der Waals surface area contributed by atoms with Crippen LogP contribution in [0.1, 0.15) is 16.8 Å². The van der Waals surface area contributed by atoms with Gasteiger partial charge in [0.25, 0.3) is 5.91 Å². The number of aromatic nitrogens is 3. The maximum absolute atomic E-state index is 12.2. The molecule has 1 amide bonds. The first kappa shape index (κ1) is 12.5. The second kappa shape index (κ2) is 5.64. The molecule has 6 heteroatoms. The van der Waals surface area contributed by atoms with Crippen LogP contribution in [0.3, 0.4) is 0 Å². The Morgan fingerprint density at radius 3 is 2.90 bits per heavy atom. The topological polar surface area (TPSA) is 68.2 Å². The smallest absolute Gasteiger partial charge is 0.255 e. The molecule has 0 aliphatic carbocycles. The number of ether oxygens (including phenoxy) is 1. The van der Waals surface area contributed by atoms with Gasteiger partial charge in [-0.15, -0.1) is 0 Å². The van der Waals surface area contributed by atoms with Gasteiger partial charge in [0, 0.05) is 37.8 Å². The molecular formula is C14H14N4O2. The van der Waals surface area contributed by atoms with Crippen molar-refractivity contribution in [2.75, 3.05) is 13.1 Å². The predicted octanol–water partition coefficient (Wildman–Crippen LogP) is 1.17. The van der Waals surface area contributed by atoms with Gasteiger partial charge < -0.3 is 9.64 Å². The predicted molar refractivity (Wildman–Crippen MR) is 71.2 cm³/mol. The van der Waals surface area contributed by atoms with Gasteiger partial charge in [0.05, 0.1) is 18.3 Å². The van der Waals surface area contributed by atoms with E-state index in [2.05, 4.69) is 15.0 Å². The van der Waals surface area contributed by atoms with Crippen molar-refractivity contribution in [1.82, 2.24) is 19.9 Å². The van der Waals surface area contributed by atoms with Crippen LogP contribution in [0.25, 0.3) is 0 Å². The van der Waals surface area contributed by atoms with Gasteiger partial charge in [-0.25, -0.2) is 4.98 Å². The van der Waals surface area contributed by atoms with Crippen molar-refractivity contribution in [1.29, 1.82) is 0 Å². The second-order valence-corrected chi connectivity index (χ2v) is 4.57. The maximum Gasteiger partial charge on any atom is 0.255 e. The number of likely N-dealkylation sites (tertiary alicyclic amines) is 1. The van der Waals surface area contributed by atoms with Crippen molar-refractivity contribution in [2.45, 2.75) is 12.5 Å². The number of amides is 1. The van der Waals surface area contributed by atoms with E-state index in [1.54, 1.807) is 48.0 Å². The largest absolute Gasteiger partial charge is 0.471 e. The zero-order chi connectivity index (χ0) is 13.8. The minimum Gasteiger partial charge on any atom is -0.471 e. The monoisotopic (exact) mass is 270 g/mol. The van der Waals surface area contributed by atoms with Crippen LogP contribution in [0, 0.1) is 0 Å². The minimum atomic E-state index is -0.0349. The fourth-order valence-electron chi connectivity index (χ4n) is 2.20. The van der Waals surface area contributed by atoms with Crippen LogP contribution in [-0.2, 0) is 0 Å². The number of pyridine rings is 1. The van der Waals surface area contributed by atoms with Crippen molar-refractivity contribution in [3.8, 4) is 5.88 Å². The molecule has 0 saturated carbocycles. The van der Waals surface area contributed by atoms with Crippen LogP contribution in [0.5, 0.6) is 5.88 Å². The Balaban J connectivity index is 1.61. The van der Waals surface area contributed by atoms with Crippen LogP contribution in [0.15, 0.2) is 43.1 Å². The third kappa shape index (κ3) is 2.74. The SMILES string of the molecule is O=C(c1cccnc1)N1CCC(Oc2cnccn2)C1. The number of carbonyl (C=O) groups is 1. The highest BCUT2D eigenvalue weighted by Crippen LogP contribution is 2.17. The molecule has 0 spiro atoms. The van der Waals surface area contributed by atoms with Crippen molar-refractivity contribution in [2.24, 2.45) is 0 Å². The van der Waals surface area contributed by atoms with Gasteiger partial charge in [0.15, 0.2) is 0 Å². The van der Waals surface area contributed by atoms with Gasteiger partial charge in [0.1, 0.15) is 6.10 Å². The molecule has 1 unspecified atom stereocenters. The Morgan fingerprint density at radius 1 is 1.25 bits per heavy atom. The molecule has 0 radical (unpaired) electrons. The highest BCUT2D eigenvalue weighted by molar-refractivity contribution is 5.94. The Morgan fingerprint density at radius 2 is 2.15 bits per heavy atom. The van der Waals surface area contributed by atoms with E-state index in [1.807, 2.05) is 0 Å². The molecule has 20 heavy (non-hydrogen) atoms. The summed E-state index contributed by atoms with van der Waals surface area (Å²) in [5.74, 6) is 0.483. The fraction of sp³-hybridized carbons (Fsp3) is 0.286. The van der Waals surface area contributed by atoms with Gasteiger partial charge in [-0.05, 0) is 12.1 Å². The van der Waals surface area contributed by atoms with E-state index in [-0.39, 0.29) is 12.0 Å². The molecule has 1 aliphatic heterocycles. The van der Waals surface area contributed by atoms with Crippen LogP contribution in [0.2, 0.25) is 0 Å². The second-order valence-electron chi connectivity index (χ2n) is 4.57. The summed E-state index contributed by atoms with van der Waals surface area (Å²) in [6.07, 6.45) is 8.75. The molecule has 1 atom stereocenters. The molecule has 0 aromatic carbocycles. The standard InChI is InChI=1S/C14H14N4O2/c19-14(11-2-1-4-15-8-11)18-7-3-12(10-18)20-13-9-16-5-6-17-13/h1-2,4-6,8-9,12H,3,7,10H2. The van der Waals surface area contributed by atoms with E-state index in [0.717, 1.165) is 6.42 Å². The first-order valence-corrected chi connectivity index (χ1v) is 6.45. The first-order chi connectivity index (χ1) is 9.83. The quantitative estimate of drug-likeness (QED) is 0.837. The average Bonchev–Trinajstić information content (AvgIpc) is 2.97. The van der Waals surface area contributed by atoms with Crippen LogP contribution in [-0.4, -0.2) is 45.0 Å². The van der Waals surface area contributed by atoms with Crippen LogP contribution < -0.4 is 4.74 Å². The summed E-state index contributed by atoms with van der Waals surface area (Å²) in [6, 6.07) is 3.53. The average molecular weight is 270 g/mol. The Labute approximate surface area is 116 Å². The lowest BCUT2D eigenvalue weighted by Crippen LogP contribution is -2.31. The molecule has 6 nitrogen and oxygen atoms in total. The van der Waals surface area contributed by atoms with Crippen molar-refractivity contribution in [3.05, 3.63) is 48.7 Å². The molecular weight excluding hydrogens is 256 g/mol. The number of hydrogen-bond acceptors (Lipinski definition) is 5. The molecule has 2 aromatic heterocycles. The third-order valence-electron chi connectivity index (χ3n) is 3.17. The Kier molecular flexibility index (Phi) is 3.54. The Bertz CT molecular complexity index is 576. The van der Waals surface area contributed by atoms with E-state index in [4.69, 9.17) is 4.74 Å². The van der Waals surface area contributed by atoms with Gasteiger partial charge >= 0.3 is 0 Å². The zero-order valence-corrected chi connectivity index (χ0v) is 10.8. The third-order valence-corrected chi connectivity index (χ3v) is 3.17. The molecule has 1 saturated heterocycles. The van der Waals surface area contributed by atoms with Gasteiger partial charge in [-0.2, -0.15) is 0 Å². The Hall–Kier alpha value is -2.50. The molecule has 2 aromatic rings. The molecule has 1 fully saturated rings. The summed E-state index contributed by atoms with van der Waals surface area (Å²) in [7, 11) is 0. The molecule has 102 valence electrons. The maximum atomic E-state index is 12.2. The molecule has 0 bridgehead atoms. The van der Waals surface area contributed by atoms with Crippen molar-refractivity contribution in [3.63, 3.8) is 0 Å². The minimum absolute atomic E-state index is 0.0108. The normalized spacial score (nSPS) is 18.0. The summed E-state index contributed by atoms with van der Waals surface area (Å²) >= 11 is 0. The van der Waals surface area contributed by atoms with Gasteiger partial charge in [-0.3, -0.25) is 14.8 Å². The fourth-order valence-corrected chi connectivity index (χ4v) is 2.20. The lowest BCUT2D eigenvalue weighted by Gasteiger charge is -2.16. The number of nitrogens with zero attached hydrogens (tertiary/aromatic N) is 4. The highest BCUT2D eigenvalue weighted by atomic mass is 16.5. The van der Waals surface area contributed by atoms with Crippen molar-refractivity contribution >= 4 is 5.91 Å². The summed E-state index contributed by atoms with van der Waals surface area (Å²) in [6.45, 7) is 1.24. The lowest BCUT2D eigenvalue weighted by molar-refractivity contribution is 0.0770. The molecule has 1 aliphatic rings. The van der Waals surface area contributed by atoms with Crippen LogP contribution >= 0.6 is 0 Å². The molecule has 0 N–H and O–H groups in total. The summed E-state index contributed by atoms with van der Waals surface area (Å²) in [4.78, 5) is 26.0. The highest BCUT2D eigenvalue weighted by Gasteiger charge is 2.28. The van der Waals surface area contributed by atoms with Gasteiger partial charge in [-0.1, -0.05) is 0 Å². The lowest BCUT2D eigenvalue weighted by atomic mass is 10.2.